The Morgan fingerprint density at radius 1 is 1.19 bits per heavy atom. The topological polar surface area (TPSA) is 60.0 Å². The van der Waals surface area contributed by atoms with Crippen molar-refractivity contribution in [3.63, 3.8) is 0 Å². The highest BCUT2D eigenvalue weighted by molar-refractivity contribution is 7.97. The molecule has 1 fully saturated rings. The lowest BCUT2D eigenvalue weighted by Crippen LogP contribution is -2.32. The van der Waals surface area contributed by atoms with Gasteiger partial charge in [-0.05, 0) is 47.7 Å². The van der Waals surface area contributed by atoms with E-state index < -0.39 is 6.10 Å². The summed E-state index contributed by atoms with van der Waals surface area (Å²) in [6.45, 7) is 3.77. The second-order valence-electron chi connectivity index (χ2n) is 7.62. The zero-order valence-corrected chi connectivity index (χ0v) is 19.8. The van der Waals surface area contributed by atoms with Gasteiger partial charge in [0.25, 0.3) is 0 Å². The molecule has 2 aromatic carbocycles. The second-order valence-corrected chi connectivity index (χ2v) is 9.18. The molecule has 1 aliphatic rings. The van der Waals surface area contributed by atoms with Crippen molar-refractivity contribution < 1.29 is 19.3 Å². The molecule has 5 nitrogen and oxygen atoms in total. The summed E-state index contributed by atoms with van der Waals surface area (Å²) in [6.07, 6.45) is 1.71. The maximum atomic E-state index is 10.1. The number of ether oxygens (including phenoxy) is 3. The third kappa shape index (κ3) is 7.67. The number of rotatable bonds is 11. The Bertz CT molecular complexity index is 805. The number of aliphatic hydroxyl groups is 1. The van der Waals surface area contributed by atoms with Crippen LogP contribution in [0.1, 0.15) is 49.0 Å². The van der Waals surface area contributed by atoms with Gasteiger partial charge < -0.3 is 19.3 Å². The van der Waals surface area contributed by atoms with Gasteiger partial charge in [0.2, 0.25) is 0 Å². The Hall–Kier alpha value is -1.28. The summed E-state index contributed by atoms with van der Waals surface area (Å²) in [4.78, 5) is 0. The average molecular weight is 466 g/mol. The Morgan fingerprint density at radius 2 is 2.00 bits per heavy atom. The second kappa shape index (κ2) is 12.7. The minimum absolute atomic E-state index is 0.203. The van der Waals surface area contributed by atoms with Crippen molar-refractivity contribution in [3.05, 3.63) is 64.2 Å². The largest absolute Gasteiger partial charge is 0.494 e. The average Bonchev–Trinajstić information content (AvgIpc) is 2.78. The first-order chi connectivity index (χ1) is 15.1. The van der Waals surface area contributed by atoms with Crippen LogP contribution in [0.15, 0.2) is 42.5 Å². The van der Waals surface area contributed by atoms with Crippen LogP contribution in [0.25, 0.3) is 0 Å². The summed E-state index contributed by atoms with van der Waals surface area (Å²) in [5.74, 6) is 1.94. The summed E-state index contributed by atoms with van der Waals surface area (Å²) in [6, 6.07) is 14.1. The Balaban J connectivity index is 1.57. The third-order valence-electron chi connectivity index (χ3n) is 5.23. The van der Waals surface area contributed by atoms with Crippen molar-refractivity contribution in [2.24, 2.45) is 0 Å². The molecule has 0 saturated carbocycles. The zero-order valence-electron chi connectivity index (χ0n) is 18.2. The van der Waals surface area contributed by atoms with Gasteiger partial charge in [-0.15, -0.1) is 0 Å². The number of nitrogens with one attached hydrogen (secondary N) is 1. The van der Waals surface area contributed by atoms with Crippen molar-refractivity contribution in [2.45, 2.75) is 51.1 Å². The first-order valence-corrected chi connectivity index (χ1v) is 12.2. The molecular weight excluding hydrogens is 434 g/mol. The summed E-state index contributed by atoms with van der Waals surface area (Å²) in [5.41, 5.74) is 3.20. The van der Waals surface area contributed by atoms with Gasteiger partial charge in [0.1, 0.15) is 5.75 Å². The molecule has 0 radical (unpaired) electrons. The highest BCUT2D eigenvalue weighted by Crippen LogP contribution is 2.34. The molecule has 3 unspecified atom stereocenters. The molecule has 0 aliphatic carbocycles. The molecule has 1 aliphatic heterocycles. The summed E-state index contributed by atoms with van der Waals surface area (Å²) >= 11 is 8.20. The molecular formula is C24H32ClNO4S. The molecule has 1 saturated heterocycles. The van der Waals surface area contributed by atoms with E-state index in [9.17, 15) is 5.11 Å². The van der Waals surface area contributed by atoms with Gasteiger partial charge in [0.15, 0.2) is 6.29 Å². The Kier molecular flexibility index (Phi) is 9.96. The predicted molar refractivity (Wildman–Crippen MR) is 127 cm³/mol. The lowest BCUT2D eigenvalue weighted by molar-refractivity contribution is -0.205. The van der Waals surface area contributed by atoms with E-state index in [1.807, 2.05) is 24.3 Å². The van der Waals surface area contributed by atoms with E-state index >= 15 is 0 Å². The minimum atomic E-state index is -0.434. The van der Waals surface area contributed by atoms with Crippen LogP contribution in [0.4, 0.5) is 0 Å². The fraction of sp³-hybridized carbons (Fsp3) is 0.500. The van der Waals surface area contributed by atoms with Crippen molar-refractivity contribution in [1.29, 1.82) is 0 Å². The number of methoxy groups -OCH3 is 1. The number of hydrogen-bond acceptors (Lipinski definition) is 6. The molecule has 2 aromatic rings. The van der Waals surface area contributed by atoms with Gasteiger partial charge >= 0.3 is 0 Å². The molecule has 1 heterocycles. The number of hydrogen-bond donors (Lipinski definition) is 2. The van der Waals surface area contributed by atoms with Crippen LogP contribution >= 0.6 is 23.5 Å². The first kappa shape index (κ1) is 24.4. The van der Waals surface area contributed by atoms with Crippen LogP contribution in [0.3, 0.4) is 0 Å². The van der Waals surface area contributed by atoms with Crippen molar-refractivity contribution in [3.8, 4) is 5.75 Å². The fourth-order valence-corrected chi connectivity index (χ4v) is 4.27. The molecule has 0 amide bonds. The van der Waals surface area contributed by atoms with Gasteiger partial charge in [-0.2, -0.15) is 0 Å². The van der Waals surface area contributed by atoms with Crippen LogP contribution < -0.4 is 9.46 Å². The van der Waals surface area contributed by atoms with E-state index in [1.54, 1.807) is 19.1 Å². The van der Waals surface area contributed by atoms with E-state index in [0.29, 0.717) is 25.9 Å². The summed E-state index contributed by atoms with van der Waals surface area (Å²) in [5, 5.41) is 10.9. The first-order valence-electron chi connectivity index (χ1n) is 10.8. The highest BCUT2D eigenvalue weighted by atomic mass is 35.5. The molecule has 2 N–H and O–H groups in total. The standard InChI is InChI=1S/C24H32ClNO4S/c1-3-31-26-11-4-12-29-21-8-5-17(6-9-21)13-19-14-18(7-10-22(19)25)23-15-20(27)16-24(28-2)30-23/h5-10,14,20,23-24,26-27H,3-4,11-13,15-16H2,1-2H3. The molecule has 7 heteroatoms. The van der Waals surface area contributed by atoms with Gasteiger partial charge in [-0.1, -0.05) is 54.7 Å². The van der Waals surface area contributed by atoms with E-state index in [0.717, 1.165) is 46.2 Å². The summed E-state index contributed by atoms with van der Waals surface area (Å²) in [7, 11) is 1.60. The smallest absolute Gasteiger partial charge is 0.160 e. The summed E-state index contributed by atoms with van der Waals surface area (Å²) < 4.78 is 20.4. The maximum Gasteiger partial charge on any atom is 0.160 e. The predicted octanol–water partition coefficient (Wildman–Crippen LogP) is 5.14. The van der Waals surface area contributed by atoms with E-state index in [4.69, 9.17) is 25.8 Å². The highest BCUT2D eigenvalue weighted by Gasteiger charge is 2.29. The maximum absolute atomic E-state index is 10.1. The third-order valence-corrected chi connectivity index (χ3v) is 6.29. The molecule has 31 heavy (non-hydrogen) atoms. The fourth-order valence-electron chi connectivity index (χ4n) is 3.59. The zero-order chi connectivity index (χ0) is 22.1. The van der Waals surface area contributed by atoms with Crippen LogP contribution in [-0.4, -0.2) is 43.5 Å². The van der Waals surface area contributed by atoms with Crippen LogP contribution in [0, 0.1) is 0 Å². The van der Waals surface area contributed by atoms with Gasteiger partial charge in [0.05, 0.1) is 18.8 Å². The van der Waals surface area contributed by atoms with Crippen molar-refractivity contribution in [1.82, 2.24) is 4.72 Å². The quantitative estimate of drug-likeness (QED) is 0.354. The minimum Gasteiger partial charge on any atom is -0.494 e. The number of benzene rings is 2. The van der Waals surface area contributed by atoms with E-state index in [2.05, 4.69) is 29.8 Å². The van der Waals surface area contributed by atoms with Crippen LogP contribution in [0.5, 0.6) is 5.75 Å². The van der Waals surface area contributed by atoms with Gasteiger partial charge in [0, 0.05) is 37.3 Å². The Morgan fingerprint density at radius 3 is 2.74 bits per heavy atom. The Labute approximate surface area is 194 Å². The van der Waals surface area contributed by atoms with E-state index in [1.165, 1.54) is 0 Å². The molecule has 170 valence electrons. The lowest BCUT2D eigenvalue weighted by atomic mass is 9.95. The number of halogens is 1. The molecule has 0 spiro atoms. The van der Waals surface area contributed by atoms with Crippen LogP contribution in [0.2, 0.25) is 5.02 Å². The molecule has 3 rings (SSSR count). The van der Waals surface area contributed by atoms with Crippen molar-refractivity contribution in [2.75, 3.05) is 26.0 Å². The molecule has 0 bridgehead atoms. The molecule has 0 aromatic heterocycles. The van der Waals surface area contributed by atoms with E-state index in [-0.39, 0.29) is 12.4 Å². The SMILES string of the molecule is CCSNCCCOc1ccc(Cc2cc(C3CC(O)CC(OC)O3)ccc2Cl)cc1. The van der Waals surface area contributed by atoms with Gasteiger partial charge in [-0.3, -0.25) is 4.72 Å². The number of aliphatic hydroxyl groups excluding tert-OH is 1. The van der Waals surface area contributed by atoms with Crippen LogP contribution in [-0.2, 0) is 15.9 Å². The van der Waals surface area contributed by atoms with Gasteiger partial charge in [-0.25, -0.2) is 0 Å². The molecule has 3 atom stereocenters. The normalized spacial score (nSPS) is 21.2. The van der Waals surface area contributed by atoms with Crippen molar-refractivity contribution >= 4 is 23.5 Å². The monoisotopic (exact) mass is 465 g/mol. The lowest BCUT2D eigenvalue weighted by Gasteiger charge is -2.32.